The highest BCUT2D eigenvalue weighted by Gasteiger charge is 2.23. The van der Waals surface area contributed by atoms with Gasteiger partial charge in [-0.25, -0.2) is 4.98 Å². The number of nitrogens with two attached hydrogens (primary N) is 1. The Labute approximate surface area is 163 Å². The van der Waals surface area contributed by atoms with Crippen molar-refractivity contribution < 1.29 is 9.59 Å². The first-order valence-corrected chi connectivity index (χ1v) is 10.3. The smallest absolute Gasteiger partial charge is 0.275 e. The molecule has 0 radical (unpaired) electrons. The normalized spacial score (nSPS) is 14.7. The molecule has 3 rings (SSSR count). The topological polar surface area (TPSA) is 88.3 Å². The maximum atomic E-state index is 12.7. The average Bonchev–Trinajstić information content (AvgIpc) is 3.17. The van der Waals surface area contributed by atoms with E-state index in [9.17, 15) is 9.59 Å². The van der Waals surface area contributed by atoms with Crippen LogP contribution in [0.4, 0.5) is 5.69 Å². The van der Waals surface area contributed by atoms with E-state index in [1.807, 2.05) is 11.9 Å². The third kappa shape index (κ3) is 4.93. The molecule has 0 spiro atoms. The largest absolute Gasteiger partial charge is 0.339 e. The molecule has 7 heteroatoms. The summed E-state index contributed by atoms with van der Waals surface area (Å²) in [5.41, 5.74) is 7.18. The summed E-state index contributed by atoms with van der Waals surface area (Å²) in [6, 6.07) is 7.37. The monoisotopic (exact) mass is 386 g/mol. The van der Waals surface area contributed by atoms with Gasteiger partial charge >= 0.3 is 0 Å². The fourth-order valence-corrected chi connectivity index (χ4v) is 4.18. The minimum atomic E-state index is -0.257. The van der Waals surface area contributed by atoms with Crippen molar-refractivity contribution in [3.8, 4) is 0 Å². The molecule has 27 heavy (non-hydrogen) atoms. The number of aromatic nitrogens is 1. The zero-order valence-corrected chi connectivity index (χ0v) is 16.4. The van der Waals surface area contributed by atoms with Gasteiger partial charge in [-0.05, 0) is 43.7 Å². The SMILES string of the molecule is CN(C(=O)c1ccc(NC(=O)c2csc(CCN)n2)cc1)C1CCCCC1. The predicted molar refractivity (Wildman–Crippen MR) is 108 cm³/mol. The van der Waals surface area contributed by atoms with Gasteiger partial charge in [-0.2, -0.15) is 0 Å². The Hall–Kier alpha value is -2.25. The van der Waals surface area contributed by atoms with Gasteiger partial charge in [-0.1, -0.05) is 19.3 Å². The van der Waals surface area contributed by atoms with E-state index in [1.54, 1.807) is 29.6 Å². The lowest BCUT2D eigenvalue weighted by atomic mass is 9.94. The summed E-state index contributed by atoms with van der Waals surface area (Å²) in [5.74, 6) is -0.223. The summed E-state index contributed by atoms with van der Waals surface area (Å²) in [4.78, 5) is 31.1. The van der Waals surface area contributed by atoms with E-state index in [0.29, 0.717) is 36.0 Å². The molecule has 1 fully saturated rings. The summed E-state index contributed by atoms with van der Waals surface area (Å²) in [5, 5.41) is 5.41. The van der Waals surface area contributed by atoms with Gasteiger partial charge in [0.05, 0.1) is 5.01 Å². The summed E-state index contributed by atoms with van der Waals surface area (Å²) in [6.07, 6.45) is 6.48. The van der Waals surface area contributed by atoms with Crippen molar-refractivity contribution in [3.05, 3.63) is 45.9 Å². The molecule has 1 heterocycles. The fourth-order valence-electron chi connectivity index (χ4n) is 3.38. The summed E-state index contributed by atoms with van der Waals surface area (Å²) in [6.45, 7) is 0.513. The van der Waals surface area contributed by atoms with E-state index in [-0.39, 0.29) is 11.8 Å². The first-order valence-electron chi connectivity index (χ1n) is 9.41. The van der Waals surface area contributed by atoms with Gasteiger partial charge in [0.1, 0.15) is 5.69 Å². The van der Waals surface area contributed by atoms with E-state index >= 15 is 0 Å². The molecule has 1 aliphatic carbocycles. The molecule has 0 unspecified atom stereocenters. The lowest BCUT2D eigenvalue weighted by Gasteiger charge is -2.31. The van der Waals surface area contributed by atoms with Crippen LogP contribution in [0.1, 0.15) is 58.0 Å². The fraction of sp³-hybridized carbons (Fsp3) is 0.450. The van der Waals surface area contributed by atoms with E-state index in [1.165, 1.54) is 30.6 Å². The zero-order chi connectivity index (χ0) is 19.2. The van der Waals surface area contributed by atoms with Crippen LogP contribution < -0.4 is 11.1 Å². The number of nitrogens with one attached hydrogen (secondary N) is 1. The number of rotatable bonds is 6. The highest BCUT2D eigenvalue weighted by atomic mass is 32.1. The number of benzene rings is 1. The second-order valence-electron chi connectivity index (χ2n) is 6.90. The molecular formula is C20H26N4O2S. The van der Waals surface area contributed by atoms with Crippen LogP contribution in [0.5, 0.6) is 0 Å². The van der Waals surface area contributed by atoms with Crippen molar-refractivity contribution in [2.75, 3.05) is 18.9 Å². The van der Waals surface area contributed by atoms with Gasteiger partial charge in [0.15, 0.2) is 0 Å². The van der Waals surface area contributed by atoms with Crippen LogP contribution in [0, 0.1) is 0 Å². The van der Waals surface area contributed by atoms with Gasteiger partial charge in [-0.3, -0.25) is 9.59 Å². The number of nitrogens with zero attached hydrogens (tertiary/aromatic N) is 2. The molecule has 1 aromatic carbocycles. The average molecular weight is 387 g/mol. The highest BCUT2D eigenvalue weighted by molar-refractivity contribution is 7.09. The van der Waals surface area contributed by atoms with Crippen LogP contribution in [0.15, 0.2) is 29.6 Å². The van der Waals surface area contributed by atoms with Crippen LogP contribution in [-0.2, 0) is 6.42 Å². The molecule has 3 N–H and O–H groups in total. The predicted octanol–water partition coefficient (Wildman–Crippen LogP) is 3.30. The molecule has 2 aromatic rings. The van der Waals surface area contributed by atoms with Crippen LogP contribution in [0.25, 0.3) is 0 Å². The second-order valence-corrected chi connectivity index (χ2v) is 7.85. The zero-order valence-electron chi connectivity index (χ0n) is 15.6. The Balaban J connectivity index is 1.60. The van der Waals surface area contributed by atoms with E-state index in [4.69, 9.17) is 5.73 Å². The number of amides is 2. The molecule has 0 saturated heterocycles. The Morgan fingerprint density at radius 3 is 2.59 bits per heavy atom. The molecule has 144 valence electrons. The quantitative estimate of drug-likeness (QED) is 0.797. The lowest BCUT2D eigenvalue weighted by Crippen LogP contribution is -2.38. The lowest BCUT2D eigenvalue weighted by molar-refractivity contribution is 0.0696. The minimum absolute atomic E-state index is 0.0331. The third-order valence-electron chi connectivity index (χ3n) is 4.98. The number of hydrogen-bond acceptors (Lipinski definition) is 5. The maximum absolute atomic E-state index is 12.7. The molecule has 6 nitrogen and oxygen atoms in total. The number of anilines is 1. The number of hydrogen-bond donors (Lipinski definition) is 2. The Kier molecular flexibility index (Phi) is 6.58. The molecule has 2 amide bonds. The van der Waals surface area contributed by atoms with Crippen LogP contribution in [0.2, 0.25) is 0 Å². The van der Waals surface area contributed by atoms with Crippen molar-refractivity contribution in [1.29, 1.82) is 0 Å². The molecular weight excluding hydrogens is 360 g/mol. The summed E-state index contributed by atoms with van der Waals surface area (Å²) < 4.78 is 0. The first kappa shape index (κ1) is 19.5. The minimum Gasteiger partial charge on any atom is -0.339 e. The molecule has 0 atom stereocenters. The van der Waals surface area contributed by atoms with Crippen molar-refractivity contribution in [3.63, 3.8) is 0 Å². The Bertz CT molecular complexity index is 782. The standard InChI is InChI=1S/C20H26N4O2S/c1-24(16-5-3-2-4-6-16)20(26)14-7-9-15(10-8-14)22-19(25)17-13-27-18(23-17)11-12-21/h7-10,13,16H,2-6,11-12,21H2,1H3,(H,22,25). The van der Waals surface area contributed by atoms with Gasteiger partial charge in [0, 0.05) is 36.1 Å². The molecule has 1 aliphatic rings. The molecule has 0 aliphatic heterocycles. The Morgan fingerprint density at radius 2 is 1.93 bits per heavy atom. The van der Waals surface area contributed by atoms with Gasteiger partial charge < -0.3 is 16.0 Å². The van der Waals surface area contributed by atoms with Crippen LogP contribution in [0.3, 0.4) is 0 Å². The number of thiazole rings is 1. The van der Waals surface area contributed by atoms with Gasteiger partial charge in [-0.15, -0.1) is 11.3 Å². The van der Waals surface area contributed by atoms with Crippen LogP contribution >= 0.6 is 11.3 Å². The van der Waals surface area contributed by atoms with Crippen molar-refractivity contribution in [1.82, 2.24) is 9.88 Å². The van der Waals surface area contributed by atoms with Crippen molar-refractivity contribution >= 4 is 28.8 Å². The third-order valence-corrected chi connectivity index (χ3v) is 5.88. The first-order chi connectivity index (χ1) is 13.1. The second kappa shape index (κ2) is 9.10. The molecule has 0 bridgehead atoms. The van der Waals surface area contributed by atoms with Gasteiger partial charge in [0.25, 0.3) is 11.8 Å². The van der Waals surface area contributed by atoms with E-state index < -0.39 is 0 Å². The van der Waals surface area contributed by atoms with E-state index in [2.05, 4.69) is 10.3 Å². The molecule has 1 aromatic heterocycles. The number of carbonyl (C=O) groups excluding carboxylic acids is 2. The van der Waals surface area contributed by atoms with Crippen molar-refractivity contribution in [2.45, 2.75) is 44.6 Å². The summed E-state index contributed by atoms with van der Waals surface area (Å²) in [7, 11) is 1.88. The van der Waals surface area contributed by atoms with E-state index in [0.717, 1.165) is 17.8 Å². The van der Waals surface area contributed by atoms with Crippen LogP contribution in [-0.4, -0.2) is 41.3 Å². The maximum Gasteiger partial charge on any atom is 0.275 e. The molecule has 1 saturated carbocycles. The summed E-state index contributed by atoms with van der Waals surface area (Å²) >= 11 is 1.43. The van der Waals surface area contributed by atoms with Crippen molar-refractivity contribution in [2.24, 2.45) is 5.73 Å². The Morgan fingerprint density at radius 1 is 1.22 bits per heavy atom. The number of carbonyl (C=O) groups is 2. The highest BCUT2D eigenvalue weighted by Crippen LogP contribution is 2.23. The van der Waals surface area contributed by atoms with Gasteiger partial charge in [0.2, 0.25) is 0 Å².